The van der Waals surface area contributed by atoms with Gasteiger partial charge in [-0.15, -0.1) is 0 Å². The number of fused-ring (bicyclic) bond motifs is 1. The second-order valence-corrected chi connectivity index (χ2v) is 9.49. The van der Waals surface area contributed by atoms with Crippen molar-refractivity contribution >= 4 is 22.3 Å². The van der Waals surface area contributed by atoms with E-state index in [-0.39, 0.29) is 0 Å². The third-order valence-electron chi connectivity index (χ3n) is 6.96. The molecule has 6 heteroatoms. The van der Waals surface area contributed by atoms with Gasteiger partial charge in [-0.1, -0.05) is 78.0 Å². The van der Waals surface area contributed by atoms with Gasteiger partial charge in [0.1, 0.15) is 11.6 Å². The van der Waals surface area contributed by atoms with E-state index in [1.54, 1.807) is 7.11 Å². The molecule has 0 bridgehead atoms. The normalized spacial score (nSPS) is 16.3. The third kappa shape index (κ3) is 7.85. The lowest BCUT2D eigenvalue weighted by molar-refractivity contribution is 0.122. The molecule has 0 spiro atoms. The number of ether oxygens (including phenoxy) is 3. The van der Waals surface area contributed by atoms with Crippen molar-refractivity contribution in [3.05, 3.63) is 71.3 Å². The topological polar surface area (TPSA) is 56.7 Å². The Balaban J connectivity index is 0.00000106. The molecule has 0 radical (unpaired) electrons. The van der Waals surface area contributed by atoms with E-state index < -0.39 is 0 Å². The van der Waals surface area contributed by atoms with Gasteiger partial charge in [-0.2, -0.15) is 9.97 Å². The quantitative estimate of drug-likeness (QED) is 0.289. The second-order valence-electron chi connectivity index (χ2n) is 9.49. The summed E-state index contributed by atoms with van der Waals surface area (Å²) in [7, 11) is 1.71. The molecule has 216 valence electrons. The maximum absolute atomic E-state index is 6.10. The minimum Gasteiger partial charge on any atom is -0.496 e. The average molecular weight is 546 g/mol. The summed E-state index contributed by atoms with van der Waals surface area (Å²) in [4.78, 5) is 12.0. The molecule has 1 fully saturated rings. The second kappa shape index (κ2) is 16.0. The van der Waals surface area contributed by atoms with Crippen LogP contribution in [0.5, 0.6) is 11.8 Å². The first-order chi connectivity index (χ1) is 19.6. The van der Waals surface area contributed by atoms with Gasteiger partial charge in [-0.25, -0.2) is 0 Å². The first kappa shape index (κ1) is 31.2. The fourth-order valence-electron chi connectivity index (χ4n) is 4.82. The molecule has 1 aliphatic heterocycles. The molecule has 1 atom stereocenters. The number of aromatic nitrogens is 2. The third-order valence-corrected chi connectivity index (χ3v) is 6.96. The summed E-state index contributed by atoms with van der Waals surface area (Å²) in [6, 6.07) is 13.2. The van der Waals surface area contributed by atoms with Crippen LogP contribution in [-0.4, -0.2) is 50.0 Å². The van der Waals surface area contributed by atoms with Crippen molar-refractivity contribution in [1.82, 2.24) is 9.97 Å². The molecule has 40 heavy (non-hydrogen) atoms. The number of morpholine rings is 1. The van der Waals surface area contributed by atoms with Crippen LogP contribution in [0.2, 0.25) is 0 Å². The van der Waals surface area contributed by atoms with Crippen LogP contribution in [-0.2, 0) is 17.6 Å². The molecule has 1 unspecified atom stereocenters. The van der Waals surface area contributed by atoms with Gasteiger partial charge in [0.2, 0.25) is 0 Å². The molecular formula is C34H47N3O3. The summed E-state index contributed by atoms with van der Waals surface area (Å²) < 4.78 is 17.2. The molecular weight excluding hydrogens is 498 g/mol. The number of hydrogen-bond donors (Lipinski definition) is 0. The van der Waals surface area contributed by atoms with Gasteiger partial charge < -0.3 is 19.1 Å². The highest BCUT2D eigenvalue weighted by Crippen LogP contribution is 2.32. The van der Waals surface area contributed by atoms with E-state index in [0.29, 0.717) is 31.7 Å². The maximum atomic E-state index is 6.10. The number of hydrogen-bond acceptors (Lipinski definition) is 6. The summed E-state index contributed by atoms with van der Waals surface area (Å²) in [5.41, 5.74) is 5.78. The largest absolute Gasteiger partial charge is 0.496 e. The predicted molar refractivity (Wildman–Crippen MR) is 168 cm³/mol. The molecule has 0 amide bonds. The highest BCUT2D eigenvalue weighted by molar-refractivity contribution is 5.93. The average Bonchev–Trinajstić information content (AvgIpc) is 3.03. The van der Waals surface area contributed by atoms with E-state index in [1.165, 1.54) is 22.3 Å². The Morgan fingerprint density at radius 2 is 1.77 bits per heavy atom. The van der Waals surface area contributed by atoms with Gasteiger partial charge in [0, 0.05) is 24.9 Å². The van der Waals surface area contributed by atoms with Gasteiger partial charge in [-0.3, -0.25) is 0 Å². The molecule has 1 aliphatic carbocycles. The Hall–Kier alpha value is -3.38. The summed E-state index contributed by atoms with van der Waals surface area (Å²) in [5, 5.41) is 1.05. The van der Waals surface area contributed by atoms with Crippen molar-refractivity contribution in [2.75, 3.05) is 44.9 Å². The van der Waals surface area contributed by atoms with E-state index in [9.17, 15) is 0 Å². The molecule has 6 nitrogen and oxygen atoms in total. The van der Waals surface area contributed by atoms with Crippen LogP contribution in [0.4, 0.5) is 5.82 Å². The molecule has 0 N–H and O–H groups in total. The predicted octanol–water partition coefficient (Wildman–Crippen LogP) is 7.69. The molecule has 1 saturated heterocycles. The molecule has 1 aromatic heterocycles. The SMILES string of the molecule is CC.CC.CCc1cc(CCOc2nc(N3CCOCC3)c3cc(C4=CCC(C)C=C4)ccc3n2)ccc1OC. The molecule has 2 aromatic carbocycles. The van der Waals surface area contributed by atoms with Crippen LogP contribution >= 0.6 is 0 Å². The van der Waals surface area contributed by atoms with Gasteiger partial charge in [0.25, 0.3) is 0 Å². The zero-order valence-corrected chi connectivity index (χ0v) is 25.5. The van der Waals surface area contributed by atoms with Crippen molar-refractivity contribution in [2.24, 2.45) is 5.92 Å². The summed E-state index contributed by atoms with van der Waals surface area (Å²) in [6.45, 7) is 15.9. The Kier molecular flexibility index (Phi) is 12.5. The smallest absolute Gasteiger partial charge is 0.318 e. The number of aryl methyl sites for hydroxylation is 1. The fraction of sp³-hybridized carbons (Fsp3) is 0.471. The van der Waals surface area contributed by atoms with Crippen molar-refractivity contribution in [3.63, 3.8) is 0 Å². The maximum Gasteiger partial charge on any atom is 0.318 e. The van der Waals surface area contributed by atoms with Crippen LogP contribution in [0.3, 0.4) is 0 Å². The summed E-state index contributed by atoms with van der Waals surface area (Å²) in [5.74, 6) is 2.45. The highest BCUT2D eigenvalue weighted by Gasteiger charge is 2.19. The first-order valence-electron chi connectivity index (χ1n) is 15.0. The zero-order chi connectivity index (χ0) is 28.9. The van der Waals surface area contributed by atoms with Crippen LogP contribution < -0.4 is 14.4 Å². The lowest BCUT2D eigenvalue weighted by Crippen LogP contribution is -2.37. The minimum absolute atomic E-state index is 0.423. The van der Waals surface area contributed by atoms with E-state index in [1.807, 2.05) is 33.8 Å². The lowest BCUT2D eigenvalue weighted by Gasteiger charge is -2.29. The number of nitrogens with zero attached hydrogens (tertiary/aromatic N) is 3. The van der Waals surface area contributed by atoms with Crippen LogP contribution in [0.15, 0.2) is 54.6 Å². The Morgan fingerprint density at radius 3 is 2.45 bits per heavy atom. The van der Waals surface area contributed by atoms with Gasteiger partial charge in [-0.05, 0) is 59.2 Å². The molecule has 3 aromatic rings. The van der Waals surface area contributed by atoms with E-state index >= 15 is 0 Å². The van der Waals surface area contributed by atoms with Crippen molar-refractivity contribution in [1.29, 1.82) is 0 Å². The number of methoxy groups -OCH3 is 1. The number of anilines is 1. The van der Waals surface area contributed by atoms with Crippen molar-refractivity contribution < 1.29 is 14.2 Å². The van der Waals surface area contributed by atoms with E-state index in [2.05, 4.69) is 67.3 Å². The number of rotatable bonds is 8. The standard InChI is InChI=1S/C30H35N3O3.2C2H6/c1-4-23-19-22(7-12-28(23)34-3)13-16-36-30-31-27-11-10-25(24-8-5-21(2)6-9-24)20-26(27)29(32-30)33-14-17-35-18-15-33;2*1-2/h5,7-12,19-21H,4,6,13-18H2,1-3H3;2*1-2H3. The molecule has 0 saturated carbocycles. The van der Waals surface area contributed by atoms with Gasteiger partial charge >= 0.3 is 6.01 Å². The number of allylic oxidation sites excluding steroid dienone is 4. The Morgan fingerprint density at radius 1 is 1.00 bits per heavy atom. The van der Waals surface area contributed by atoms with Crippen LogP contribution in [0.25, 0.3) is 16.5 Å². The molecule has 5 rings (SSSR count). The lowest BCUT2D eigenvalue weighted by atomic mass is 9.93. The van der Waals surface area contributed by atoms with Crippen molar-refractivity contribution in [2.45, 2.75) is 60.8 Å². The van der Waals surface area contributed by atoms with Gasteiger partial charge in [0.05, 0.1) is 32.4 Å². The molecule has 2 aliphatic rings. The minimum atomic E-state index is 0.423. The van der Waals surface area contributed by atoms with Crippen LogP contribution in [0, 0.1) is 5.92 Å². The van der Waals surface area contributed by atoms with E-state index in [0.717, 1.165) is 54.8 Å². The van der Waals surface area contributed by atoms with Gasteiger partial charge in [0.15, 0.2) is 0 Å². The molecule has 2 heterocycles. The first-order valence-corrected chi connectivity index (χ1v) is 15.0. The summed E-state index contributed by atoms with van der Waals surface area (Å²) in [6.07, 6.45) is 9.61. The Labute approximate surface area is 241 Å². The highest BCUT2D eigenvalue weighted by atomic mass is 16.5. The van der Waals surface area contributed by atoms with Crippen LogP contribution in [0.1, 0.15) is 64.7 Å². The van der Waals surface area contributed by atoms with Crippen molar-refractivity contribution in [3.8, 4) is 11.8 Å². The number of benzene rings is 2. The summed E-state index contributed by atoms with van der Waals surface area (Å²) >= 11 is 0. The zero-order valence-electron chi connectivity index (χ0n) is 25.5. The fourth-order valence-corrected chi connectivity index (χ4v) is 4.82. The Bertz CT molecular complexity index is 1280. The monoisotopic (exact) mass is 545 g/mol. The van der Waals surface area contributed by atoms with E-state index in [4.69, 9.17) is 24.2 Å².